The third-order valence-corrected chi connectivity index (χ3v) is 7.53. The van der Waals surface area contributed by atoms with Crippen LogP contribution < -0.4 is 5.32 Å². The van der Waals surface area contributed by atoms with Crippen molar-refractivity contribution >= 4 is 46.0 Å². The molecule has 0 aliphatic carbocycles. The minimum atomic E-state index is -0.659. The van der Waals surface area contributed by atoms with E-state index in [0.29, 0.717) is 21.3 Å². The summed E-state index contributed by atoms with van der Waals surface area (Å²) in [4.78, 5) is 44.2. The maximum atomic E-state index is 13.2. The van der Waals surface area contributed by atoms with Crippen molar-refractivity contribution in [3.8, 4) is 0 Å². The smallest absolute Gasteiger partial charge is 0.350 e. The Balaban J connectivity index is 1.63. The van der Waals surface area contributed by atoms with E-state index < -0.39 is 16.8 Å². The summed E-state index contributed by atoms with van der Waals surface area (Å²) in [7, 11) is 1.30. The van der Waals surface area contributed by atoms with Gasteiger partial charge < -0.3 is 15.0 Å². The zero-order valence-electron chi connectivity index (χ0n) is 15.8. The van der Waals surface area contributed by atoms with Crippen molar-refractivity contribution in [3.63, 3.8) is 0 Å². The Labute approximate surface area is 170 Å². The van der Waals surface area contributed by atoms with Crippen LogP contribution in [0.5, 0.6) is 0 Å². The van der Waals surface area contributed by atoms with E-state index in [9.17, 15) is 14.4 Å². The number of rotatable bonds is 3. The predicted molar refractivity (Wildman–Crippen MR) is 108 cm³/mol. The molecule has 7 nitrogen and oxygen atoms in total. The zero-order valence-corrected chi connectivity index (χ0v) is 17.4. The molecule has 28 heavy (non-hydrogen) atoms. The van der Waals surface area contributed by atoms with Crippen LogP contribution in [-0.4, -0.2) is 45.6 Å². The fraction of sp³-hybridized carbons (Fsp3) is 0.368. The molecule has 2 amide bonds. The van der Waals surface area contributed by atoms with Gasteiger partial charge in [0.2, 0.25) is 5.91 Å². The van der Waals surface area contributed by atoms with Crippen LogP contribution in [0.15, 0.2) is 24.3 Å². The van der Waals surface area contributed by atoms with Crippen LogP contribution in [0.1, 0.15) is 50.5 Å². The molecule has 3 heterocycles. The lowest BCUT2D eigenvalue weighted by atomic mass is 10.0. The minimum Gasteiger partial charge on any atom is -0.465 e. The Morgan fingerprint density at radius 1 is 1.29 bits per heavy atom. The van der Waals surface area contributed by atoms with E-state index in [4.69, 9.17) is 4.74 Å². The number of anilines is 1. The van der Waals surface area contributed by atoms with Gasteiger partial charge >= 0.3 is 5.97 Å². The highest BCUT2D eigenvalue weighted by molar-refractivity contribution is 8.01. The average molecular weight is 418 g/mol. The molecule has 0 spiro atoms. The molecular formula is C19H19N3O4S2. The van der Waals surface area contributed by atoms with E-state index >= 15 is 0 Å². The van der Waals surface area contributed by atoms with E-state index in [1.807, 2.05) is 32.0 Å². The number of carbonyl (C=O) groups is 3. The van der Waals surface area contributed by atoms with E-state index in [2.05, 4.69) is 10.3 Å². The molecular weight excluding hydrogens is 398 g/mol. The number of hydrogen-bond donors (Lipinski definition) is 1. The number of esters is 1. The van der Waals surface area contributed by atoms with Crippen molar-refractivity contribution in [2.45, 2.75) is 36.9 Å². The third-order valence-electron chi connectivity index (χ3n) is 4.94. The monoisotopic (exact) mass is 417 g/mol. The topological polar surface area (TPSA) is 88.6 Å². The molecule has 0 radical (unpaired) electrons. The van der Waals surface area contributed by atoms with Crippen LogP contribution >= 0.6 is 23.1 Å². The molecule has 0 saturated carbocycles. The lowest BCUT2D eigenvalue weighted by Crippen LogP contribution is -2.50. The number of carbonyl (C=O) groups excluding carboxylic acids is 3. The Morgan fingerprint density at radius 2 is 2.00 bits per heavy atom. The van der Waals surface area contributed by atoms with Gasteiger partial charge in [-0.15, -0.1) is 11.8 Å². The third kappa shape index (κ3) is 2.80. The predicted octanol–water partition coefficient (Wildman–Crippen LogP) is 3.23. The summed E-state index contributed by atoms with van der Waals surface area (Å²) in [6.45, 7) is 5.61. The second-order valence-corrected chi connectivity index (χ2v) is 9.92. The highest BCUT2D eigenvalue weighted by Crippen LogP contribution is 2.56. The van der Waals surface area contributed by atoms with Gasteiger partial charge in [0.15, 0.2) is 5.13 Å². The first-order valence-corrected chi connectivity index (χ1v) is 10.4. The first kappa shape index (κ1) is 18.9. The second-order valence-electron chi connectivity index (χ2n) is 7.19. The van der Waals surface area contributed by atoms with Crippen LogP contribution in [0.3, 0.4) is 0 Å². The number of aromatic nitrogens is 1. The summed E-state index contributed by atoms with van der Waals surface area (Å²) in [5, 5.41) is 2.93. The summed E-state index contributed by atoms with van der Waals surface area (Å²) in [6, 6.07) is 6.81. The number of methoxy groups -OCH3 is 1. The molecule has 1 saturated heterocycles. The molecule has 1 aromatic carbocycles. The quantitative estimate of drug-likeness (QED) is 0.772. The van der Waals surface area contributed by atoms with Crippen LogP contribution in [-0.2, 0) is 9.53 Å². The van der Waals surface area contributed by atoms with Crippen LogP contribution in [0.4, 0.5) is 5.13 Å². The summed E-state index contributed by atoms with van der Waals surface area (Å²) < 4.78 is 4.26. The number of nitrogens with zero attached hydrogens (tertiary/aromatic N) is 2. The van der Waals surface area contributed by atoms with Crippen LogP contribution in [0.25, 0.3) is 0 Å². The second kappa shape index (κ2) is 6.59. The Morgan fingerprint density at radius 3 is 2.71 bits per heavy atom. The van der Waals surface area contributed by atoms with Gasteiger partial charge in [-0.2, -0.15) is 0 Å². The number of nitrogens with one attached hydrogen (secondary N) is 1. The van der Waals surface area contributed by atoms with Gasteiger partial charge in [0.1, 0.15) is 16.3 Å². The van der Waals surface area contributed by atoms with Gasteiger partial charge in [0.25, 0.3) is 5.91 Å². The maximum absolute atomic E-state index is 13.2. The van der Waals surface area contributed by atoms with Gasteiger partial charge in [-0.25, -0.2) is 9.78 Å². The average Bonchev–Trinajstić information content (AvgIpc) is 3.24. The molecule has 0 unspecified atom stereocenters. The molecule has 9 heteroatoms. The van der Waals surface area contributed by atoms with E-state index in [-0.39, 0.29) is 17.2 Å². The number of ether oxygens (including phenoxy) is 1. The molecule has 2 aromatic rings. The van der Waals surface area contributed by atoms with E-state index in [1.165, 1.54) is 7.11 Å². The molecule has 2 atom stereocenters. The summed E-state index contributed by atoms with van der Waals surface area (Å²) >= 11 is 2.67. The number of amides is 2. The summed E-state index contributed by atoms with van der Waals surface area (Å²) in [5.41, 5.74) is 2.08. The summed E-state index contributed by atoms with van der Waals surface area (Å²) in [6.07, 6.45) is 0. The first-order chi connectivity index (χ1) is 13.2. The molecule has 1 N–H and O–H groups in total. The molecule has 0 bridgehead atoms. The van der Waals surface area contributed by atoms with E-state index in [0.717, 1.165) is 16.9 Å². The van der Waals surface area contributed by atoms with Gasteiger partial charge in [-0.05, 0) is 32.4 Å². The Kier molecular flexibility index (Phi) is 4.46. The lowest BCUT2D eigenvalue weighted by molar-refractivity contribution is -0.121. The maximum Gasteiger partial charge on any atom is 0.350 e. The van der Waals surface area contributed by atoms with Gasteiger partial charge in [-0.1, -0.05) is 29.5 Å². The van der Waals surface area contributed by atoms with Crippen molar-refractivity contribution in [1.82, 2.24) is 9.88 Å². The fourth-order valence-corrected chi connectivity index (χ4v) is 6.19. The SMILES string of the molecule is COC(=O)c1sc(NC(=O)[C@@H]2N3C(=O)c4ccccc4[C@H]3SC2(C)C)nc1C. The van der Waals surface area contributed by atoms with Crippen molar-refractivity contribution in [2.24, 2.45) is 0 Å². The molecule has 1 fully saturated rings. The number of hydrogen-bond acceptors (Lipinski definition) is 7. The number of fused-ring (bicyclic) bond motifs is 3. The Bertz CT molecular complexity index is 1000. The van der Waals surface area contributed by atoms with Crippen molar-refractivity contribution in [1.29, 1.82) is 0 Å². The van der Waals surface area contributed by atoms with Gasteiger partial charge in [0, 0.05) is 10.3 Å². The summed E-state index contributed by atoms with van der Waals surface area (Å²) in [5.74, 6) is -0.937. The Hall–Kier alpha value is -2.39. The molecule has 1 aromatic heterocycles. The normalized spacial score (nSPS) is 22.0. The largest absolute Gasteiger partial charge is 0.465 e. The number of benzene rings is 1. The highest BCUT2D eigenvalue weighted by atomic mass is 32.2. The molecule has 2 aliphatic rings. The molecule has 2 aliphatic heterocycles. The van der Waals surface area contributed by atoms with Crippen molar-refractivity contribution in [3.05, 3.63) is 46.0 Å². The van der Waals surface area contributed by atoms with Crippen LogP contribution in [0, 0.1) is 6.92 Å². The van der Waals surface area contributed by atoms with E-state index in [1.54, 1.807) is 29.7 Å². The van der Waals surface area contributed by atoms with Gasteiger partial charge in [0.05, 0.1) is 12.8 Å². The van der Waals surface area contributed by atoms with Crippen molar-refractivity contribution < 1.29 is 19.1 Å². The lowest BCUT2D eigenvalue weighted by Gasteiger charge is -2.29. The number of thioether (sulfide) groups is 1. The number of thiazole rings is 1. The van der Waals surface area contributed by atoms with Gasteiger partial charge in [-0.3, -0.25) is 9.59 Å². The fourth-order valence-electron chi connectivity index (χ4n) is 3.71. The molecule has 4 rings (SSSR count). The number of aryl methyl sites for hydroxylation is 1. The zero-order chi connectivity index (χ0) is 20.2. The highest BCUT2D eigenvalue weighted by Gasteiger charge is 2.57. The van der Waals surface area contributed by atoms with Crippen LogP contribution in [0.2, 0.25) is 0 Å². The van der Waals surface area contributed by atoms with Crippen molar-refractivity contribution in [2.75, 3.05) is 12.4 Å². The molecule has 146 valence electrons. The minimum absolute atomic E-state index is 0.135. The standard InChI is InChI=1S/C19H19N3O4S2/c1-9-12(17(25)26-4)27-18(20-9)21-14(23)13-19(2,3)28-16-11-8-6-5-7-10(11)15(24)22(13)16/h5-8,13,16H,1-4H3,(H,20,21,23)/t13-,16+/m0/s1. The first-order valence-electron chi connectivity index (χ1n) is 8.70.